The minimum atomic E-state index is -1.08. The van der Waals surface area contributed by atoms with Crippen LogP contribution in [0.25, 0.3) is 4.96 Å². The zero-order valence-corrected chi connectivity index (χ0v) is 39.8. The van der Waals surface area contributed by atoms with Gasteiger partial charge in [0.25, 0.3) is 17.4 Å². The van der Waals surface area contributed by atoms with Crippen LogP contribution in [0.5, 0.6) is 0 Å². The van der Waals surface area contributed by atoms with Gasteiger partial charge in [-0.1, -0.05) is 180 Å². The molecule has 0 aliphatic carbocycles. The highest BCUT2D eigenvalue weighted by molar-refractivity contribution is 8.02. The van der Waals surface area contributed by atoms with Crippen molar-refractivity contribution in [2.24, 2.45) is 5.16 Å². The zero-order chi connectivity index (χ0) is 47.5. The van der Waals surface area contributed by atoms with Crippen LogP contribution in [0.15, 0.2) is 189 Å². The number of amides is 2. The van der Waals surface area contributed by atoms with Gasteiger partial charge in [-0.25, -0.2) is 14.8 Å². The monoisotopic (exact) mass is 988 g/mol. The minimum absolute atomic E-state index is 0.0656. The number of ether oxygens (including phenoxy) is 1. The minimum Gasteiger partial charge on any atom is -0.448 e. The Morgan fingerprint density at radius 1 is 0.841 bits per heavy atom. The van der Waals surface area contributed by atoms with Crippen molar-refractivity contribution in [1.29, 1.82) is 0 Å². The second-order valence-electron chi connectivity index (χ2n) is 16.0. The third-order valence-electron chi connectivity index (χ3n) is 11.7. The van der Waals surface area contributed by atoms with E-state index in [0.29, 0.717) is 31.5 Å². The molecule has 2 aliphatic heterocycles. The van der Waals surface area contributed by atoms with E-state index >= 15 is 0 Å². The number of thiazole rings is 1. The number of β-lactam (4-membered cyclic amide) rings is 1. The number of oxime groups is 1. The van der Waals surface area contributed by atoms with E-state index in [2.05, 4.69) is 25.9 Å². The molecule has 3 aromatic heterocycles. The number of thioether (sulfide) groups is 2. The molecule has 0 spiro atoms. The number of aromatic nitrogens is 4. The lowest BCUT2D eigenvalue weighted by atomic mass is 9.77. The van der Waals surface area contributed by atoms with Crippen LogP contribution in [-0.2, 0) is 24.7 Å². The standard InChI is InChI=1S/C51H40N8O6S4/c1-31-27-39(60)59-49(52-31)69-50(56-59)68-29-34-28-66-46-41(45(62)58(46)42(34)47(63)65-43(32-17-7-2-8-18-32)33-19-9-3-10-20-33)54-44(61)40(57-64)38-30-67-48(53-38)55-51(35-21-11-4-12-22-35,36-23-13-5-14-24-36)37-25-15-6-16-26-37/h2-27,30,41,43,46,64H,28-29H2,1H3,(H,53,55)(H,54,61)/t41-,46-/m1/s1. The first-order valence-corrected chi connectivity index (χ1v) is 25.4. The fraction of sp³-hybridized carbons (Fsp3) is 0.137. The number of aryl methyl sites for hydroxylation is 1. The number of rotatable bonds is 15. The maximum absolute atomic E-state index is 14.7. The van der Waals surface area contributed by atoms with Gasteiger partial charge >= 0.3 is 5.97 Å². The third kappa shape index (κ3) is 8.94. The highest BCUT2D eigenvalue weighted by Crippen LogP contribution is 2.44. The predicted octanol–water partition coefficient (Wildman–Crippen LogP) is 8.28. The van der Waals surface area contributed by atoms with Crippen molar-refractivity contribution >= 4 is 79.8 Å². The van der Waals surface area contributed by atoms with E-state index < -0.39 is 46.6 Å². The number of nitrogens with zero attached hydrogens (tertiary/aromatic N) is 6. The summed E-state index contributed by atoms with van der Waals surface area (Å²) >= 11 is 5.16. The quantitative estimate of drug-likeness (QED) is 0.0171. The Hall–Kier alpha value is -7.38. The molecular weight excluding hydrogens is 949 g/mol. The SMILES string of the molecule is Cc1cc(=O)n2nc(SCC3=C(C(=O)OC(c4ccccc4)c4ccccc4)N4C(=O)[C@@H](NC(=O)C(=NO)c5csc(NC(c6ccccc6)(c6ccccc6)c6ccccc6)n5)[C@H]4SC3)sc2n1. The predicted molar refractivity (Wildman–Crippen MR) is 269 cm³/mol. The average molecular weight is 989 g/mol. The zero-order valence-electron chi connectivity index (χ0n) is 36.5. The third-order valence-corrected chi connectivity index (χ3v) is 15.9. The van der Waals surface area contributed by atoms with Gasteiger partial charge in [0.1, 0.15) is 28.3 Å². The maximum Gasteiger partial charge on any atom is 0.356 e. The molecule has 0 radical (unpaired) electrons. The average Bonchev–Trinajstić information content (AvgIpc) is 4.04. The Balaban J connectivity index is 0.919. The lowest BCUT2D eigenvalue weighted by Gasteiger charge is -2.49. The highest BCUT2D eigenvalue weighted by Gasteiger charge is 2.55. The number of hydrogen-bond donors (Lipinski definition) is 3. The summed E-state index contributed by atoms with van der Waals surface area (Å²) in [5.74, 6) is -1.56. The molecule has 0 unspecified atom stereocenters. The van der Waals surface area contributed by atoms with Crippen LogP contribution in [-0.4, -0.2) is 76.1 Å². The number of anilines is 1. The van der Waals surface area contributed by atoms with Gasteiger partial charge in [0, 0.05) is 28.6 Å². The molecule has 8 aromatic rings. The molecule has 5 heterocycles. The number of hydrogen-bond acceptors (Lipinski definition) is 15. The van der Waals surface area contributed by atoms with Gasteiger partial charge < -0.3 is 20.6 Å². The molecule has 69 heavy (non-hydrogen) atoms. The summed E-state index contributed by atoms with van der Waals surface area (Å²) in [7, 11) is 0. The summed E-state index contributed by atoms with van der Waals surface area (Å²) in [5.41, 5.74) is 4.04. The van der Waals surface area contributed by atoms with Crippen LogP contribution in [0.2, 0.25) is 0 Å². The Labute approximate surface area is 411 Å². The topological polar surface area (TPSA) is 180 Å². The Morgan fingerprint density at radius 2 is 1.41 bits per heavy atom. The summed E-state index contributed by atoms with van der Waals surface area (Å²) in [6.45, 7) is 1.74. The van der Waals surface area contributed by atoms with E-state index in [4.69, 9.17) is 9.72 Å². The van der Waals surface area contributed by atoms with Crippen LogP contribution < -0.4 is 16.2 Å². The molecule has 1 fully saturated rings. The molecule has 2 aliphatic rings. The number of fused-ring (bicyclic) bond motifs is 2. The molecule has 1 saturated heterocycles. The normalized spacial score (nSPS) is 16.0. The van der Waals surface area contributed by atoms with Crippen LogP contribution >= 0.6 is 46.2 Å². The van der Waals surface area contributed by atoms with Crippen LogP contribution in [0, 0.1) is 6.92 Å². The van der Waals surface area contributed by atoms with Crippen molar-refractivity contribution in [1.82, 2.24) is 29.8 Å². The molecule has 10 rings (SSSR count). The van der Waals surface area contributed by atoms with Crippen molar-refractivity contribution in [3.05, 3.63) is 224 Å². The van der Waals surface area contributed by atoms with E-state index in [0.717, 1.165) is 27.8 Å². The van der Waals surface area contributed by atoms with Crippen molar-refractivity contribution in [3.8, 4) is 0 Å². The Kier molecular flexibility index (Phi) is 13.0. The lowest BCUT2D eigenvalue weighted by Crippen LogP contribution is -2.71. The van der Waals surface area contributed by atoms with Crippen LogP contribution in [0.4, 0.5) is 5.13 Å². The molecule has 18 heteroatoms. The van der Waals surface area contributed by atoms with E-state index in [-0.39, 0.29) is 22.7 Å². The number of esters is 1. The van der Waals surface area contributed by atoms with Gasteiger partial charge in [-0.15, -0.1) is 28.2 Å². The first-order valence-electron chi connectivity index (χ1n) is 21.6. The molecule has 5 aromatic carbocycles. The smallest absolute Gasteiger partial charge is 0.356 e. The van der Waals surface area contributed by atoms with Gasteiger partial charge in [-0.05, 0) is 40.3 Å². The van der Waals surface area contributed by atoms with Crippen molar-refractivity contribution in [2.75, 3.05) is 16.8 Å². The van der Waals surface area contributed by atoms with E-state index in [1.54, 1.807) is 12.3 Å². The van der Waals surface area contributed by atoms with Gasteiger partial charge in [0.05, 0.1) is 0 Å². The first-order chi connectivity index (χ1) is 33.7. The number of carbonyl (C=O) groups is 3. The van der Waals surface area contributed by atoms with Crippen molar-refractivity contribution in [3.63, 3.8) is 0 Å². The highest BCUT2D eigenvalue weighted by atomic mass is 32.2. The summed E-state index contributed by atoms with van der Waals surface area (Å²) in [4.78, 5) is 66.8. The summed E-state index contributed by atoms with van der Waals surface area (Å²) in [6, 6.07) is 48.9. The summed E-state index contributed by atoms with van der Waals surface area (Å²) in [5, 5.41) is 26.0. The van der Waals surface area contributed by atoms with Crippen molar-refractivity contribution < 1.29 is 24.3 Å². The molecule has 0 saturated carbocycles. The number of nitrogens with one attached hydrogen (secondary N) is 2. The van der Waals surface area contributed by atoms with E-state index in [1.165, 1.54) is 61.7 Å². The van der Waals surface area contributed by atoms with E-state index in [1.807, 2.05) is 152 Å². The molecule has 2 amide bonds. The number of benzene rings is 5. The second kappa shape index (κ2) is 19.7. The van der Waals surface area contributed by atoms with Gasteiger partial charge in [-0.2, -0.15) is 4.52 Å². The van der Waals surface area contributed by atoms with Gasteiger partial charge in [0.15, 0.2) is 21.3 Å². The molecule has 0 bridgehead atoms. The maximum atomic E-state index is 14.7. The molecule has 344 valence electrons. The Bertz CT molecular complexity index is 3160. The molecular formula is C51H40N8O6S4. The number of carbonyl (C=O) groups excluding carboxylic acids is 3. The second-order valence-corrected chi connectivity index (χ2v) is 20.1. The fourth-order valence-corrected chi connectivity index (χ4v) is 12.7. The Morgan fingerprint density at radius 3 is 1.97 bits per heavy atom. The van der Waals surface area contributed by atoms with Crippen LogP contribution in [0.3, 0.4) is 0 Å². The van der Waals surface area contributed by atoms with Crippen molar-refractivity contribution in [2.45, 2.75) is 34.3 Å². The van der Waals surface area contributed by atoms with Crippen LogP contribution in [0.1, 0.15) is 45.3 Å². The summed E-state index contributed by atoms with van der Waals surface area (Å²) in [6.07, 6.45) is -0.800. The van der Waals surface area contributed by atoms with Gasteiger partial charge in [0.2, 0.25) is 4.96 Å². The lowest BCUT2D eigenvalue weighted by molar-refractivity contribution is -0.154. The molecule has 14 nitrogen and oxygen atoms in total. The first kappa shape index (κ1) is 45.4. The van der Waals surface area contributed by atoms with E-state index in [9.17, 15) is 24.4 Å². The summed E-state index contributed by atoms with van der Waals surface area (Å²) < 4.78 is 8.13. The molecule has 3 N–H and O–H groups in total. The fourth-order valence-electron chi connectivity index (χ4n) is 8.44. The largest absolute Gasteiger partial charge is 0.448 e. The molecule has 2 atom stereocenters. The van der Waals surface area contributed by atoms with Gasteiger partial charge in [-0.3, -0.25) is 19.3 Å².